The lowest BCUT2D eigenvalue weighted by Gasteiger charge is -2.28. The SMILES string of the molecule is Cc1ccccc1N(c1ccc(-c2ccc(N(c3ccc(-c4ccc5oc6ccccc6c5c4)cc3)c3ccccc3C)cc2)cc1)c1ccc(-c2ccc3oc4ccccc4c3c2)cc1. The third kappa shape index (κ3) is 6.97. The van der Waals surface area contributed by atoms with Gasteiger partial charge >= 0.3 is 0 Å². The van der Waals surface area contributed by atoms with Crippen molar-refractivity contribution in [3.63, 3.8) is 0 Å². The van der Waals surface area contributed by atoms with E-state index in [4.69, 9.17) is 8.83 Å². The zero-order valence-corrected chi connectivity index (χ0v) is 36.7. The first-order valence-electron chi connectivity index (χ1n) is 22.5. The molecule has 0 atom stereocenters. The minimum atomic E-state index is 0.905. The highest BCUT2D eigenvalue weighted by Gasteiger charge is 2.18. The van der Waals surface area contributed by atoms with Gasteiger partial charge < -0.3 is 18.6 Å². The Bertz CT molecular complexity index is 3460. The molecule has 2 heterocycles. The number of fused-ring (bicyclic) bond motifs is 6. The molecule has 0 radical (unpaired) electrons. The predicted molar refractivity (Wildman–Crippen MR) is 276 cm³/mol. The molecule has 12 aromatic rings. The van der Waals surface area contributed by atoms with E-state index < -0.39 is 0 Å². The molecule has 4 heteroatoms. The van der Waals surface area contributed by atoms with Gasteiger partial charge in [-0.25, -0.2) is 0 Å². The molecular formula is C62H44N2O2. The summed E-state index contributed by atoms with van der Waals surface area (Å²) in [4.78, 5) is 4.70. The topological polar surface area (TPSA) is 32.8 Å². The summed E-state index contributed by atoms with van der Waals surface area (Å²) in [6, 6.07) is 82.2. The Morgan fingerprint density at radius 1 is 0.258 bits per heavy atom. The normalized spacial score (nSPS) is 11.5. The molecule has 0 aliphatic heterocycles. The molecule has 0 fully saturated rings. The Morgan fingerprint density at radius 2 is 0.545 bits per heavy atom. The van der Waals surface area contributed by atoms with Crippen molar-refractivity contribution in [2.24, 2.45) is 0 Å². The van der Waals surface area contributed by atoms with Crippen molar-refractivity contribution >= 4 is 78.0 Å². The van der Waals surface area contributed by atoms with Crippen molar-refractivity contribution in [2.45, 2.75) is 13.8 Å². The number of nitrogens with zero attached hydrogens (tertiary/aromatic N) is 2. The molecule has 0 saturated heterocycles. The molecular weight excluding hydrogens is 805 g/mol. The molecule has 66 heavy (non-hydrogen) atoms. The average molecular weight is 849 g/mol. The molecule has 0 N–H and O–H groups in total. The third-order valence-electron chi connectivity index (χ3n) is 13.0. The minimum absolute atomic E-state index is 0.905. The lowest BCUT2D eigenvalue weighted by atomic mass is 10.0. The quantitative estimate of drug-likeness (QED) is 0.145. The van der Waals surface area contributed by atoms with Crippen molar-refractivity contribution in [1.29, 1.82) is 0 Å². The van der Waals surface area contributed by atoms with Crippen LogP contribution in [0.15, 0.2) is 239 Å². The van der Waals surface area contributed by atoms with Crippen LogP contribution >= 0.6 is 0 Å². The van der Waals surface area contributed by atoms with Crippen LogP contribution in [0, 0.1) is 13.8 Å². The standard InChI is InChI=1S/C62H44N2O2/c1-41-11-3-7-15-57(41)63(51-33-23-45(24-34-51)47-27-37-61-55(39-47)53-13-5-9-17-59(53)65-61)49-29-19-43(20-30-49)44-21-31-50(32-22-44)64(58-16-8-4-12-42(58)2)52-35-25-46(26-36-52)48-28-38-62-56(40-48)54-14-6-10-18-60(54)66-62/h3-40H,1-2H3. The number of benzene rings is 10. The molecule has 0 amide bonds. The number of rotatable bonds is 9. The highest BCUT2D eigenvalue weighted by molar-refractivity contribution is 6.07. The van der Waals surface area contributed by atoms with Gasteiger partial charge in [0.1, 0.15) is 22.3 Å². The van der Waals surface area contributed by atoms with E-state index in [1.165, 1.54) is 11.1 Å². The second-order valence-corrected chi connectivity index (χ2v) is 17.0. The van der Waals surface area contributed by atoms with Gasteiger partial charge in [0.25, 0.3) is 0 Å². The van der Waals surface area contributed by atoms with E-state index in [1.54, 1.807) is 0 Å². The smallest absolute Gasteiger partial charge is 0.135 e. The van der Waals surface area contributed by atoms with Crippen LogP contribution in [-0.2, 0) is 0 Å². The number of aryl methyl sites for hydroxylation is 2. The second-order valence-electron chi connectivity index (χ2n) is 17.0. The molecule has 0 bridgehead atoms. The van der Waals surface area contributed by atoms with Gasteiger partial charge in [-0.05, 0) is 155 Å². The Hall–Kier alpha value is -8.60. The van der Waals surface area contributed by atoms with E-state index in [-0.39, 0.29) is 0 Å². The maximum Gasteiger partial charge on any atom is 0.135 e. The monoisotopic (exact) mass is 848 g/mol. The summed E-state index contributed by atoms with van der Waals surface area (Å²) in [6.07, 6.45) is 0. The third-order valence-corrected chi connectivity index (χ3v) is 13.0. The Kier molecular flexibility index (Phi) is 9.57. The zero-order valence-electron chi connectivity index (χ0n) is 36.7. The Balaban J connectivity index is 0.836. The Morgan fingerprint density at radius 3 is 0.909 bits per heavy atom. The molecule has 2 aromatic heterocycles. The summed E-state index contributed by atoms with van der Waals surface area (Å²) in [5.41, 5.74) is 19.6. The fourth-order valence-electron chi connectivity index (χ4n) is 9.51. The molecule has 0 aliphatic rings. The molecule has 4 nitrogen and oxygen atoms in total. The molecule has 0 unspecified atom stereocenters. The second kappa shape index (κ2) is 16.2. The number of hydrogen-bond acceptors (Lipinski definition) is 4. The predicted octanol–water partition coefficient (Wildman–Crippen LogP) is 18.0. The van der Waals surface area contributed by atoms with E-state index in [9.17, 15) is 0 Å². The summed E-state index contributed by atoms with van der Waals surface area (Å²) < 4.78 is 12.2. The lowest BCUT2D eigenvalue weighted by molar-refractivity contribution is 0.668. The molecule has 0 aliphatic carbocycles. The maximum atomic E-state index is 6.11. The molecule has 0 spiro atoms. The van der Waals surface area contributed by atoms with Gasteiger partial charge in [0.05, 0.1) is 0 Å². The highest BCUT2D eigenvalue weighted by atomic mass is 16.3. The van der Waals surface area contributed by atoms with Crippen LogP contribution in [0.4, 0.5) is 34.1 Å². The molecule has 10 aromatic carbocycles. The fraction of sp³-hybridized carbons (Fsp3) is 0.0323. The van der Waals surface area contributed by atoms with Gasteiger partial charge in [-0.1, -0.05) is 133 Å². The first kappa shape index (κ1) is 39.0. The number of hydrogen-bond donors (Lipinski definition) is 0. The summed E-state index contributed by atoms with van der Waals surface area (Å²) in [5.74, 6) is 0. The summed E-state index contributed by atoms with van der Waals surface area (Å²) in [6.45, 7) is 4.35. The van der Waals surface area contributed by atoms with Gasteiger partial charge in [-0.3, -0.25) is 0 Å². The van der Waals surface area contributed by atoms with Crippen LogP contribution in [-0.4, -0.2) is 0 Å². The largest absolute Gasteiger partial charge is 0.456 e. The number of anilines is 6. The van der Waals surface area contributed by atoms with Crippen molar-refractivity contribution in [3.8, 4) is 33.4 Å². The zero-order chi connectivity index (χ0) is 44.1. The van der Waals surface area contributed by atoms with Gasteiger partial charge in [-0.15, -0.1) is 0 Å². The van der Waals surface area contributed by atoms with Crippen LogP contribution < -0.4 is 9.80 Å². The molecule has 12 rings (SSSR count). The van der Waals surface area contributed by atoms with Crippen LogP contribution in [0.1, 0.15) is 11.1 Å². The van der Waals surface area contributed by atoms with Gasteiger partial charge in [0.15, 0.2) is 0 Å². The summed E-state index contributed by atoms with van der Waals surface area (Å²) in [5, 5.41) is 4.54. The van der Waals surface area contributed by atoms with Crippen LogP contribution in [0.25, 0.3) is 77.3 Å². The van der Waals surface area contributed by atoms with Crippen LogP contribution in [0.5, 0.6) is 0 Å². The summed E-state index contributed by atoms with van der Waals surface area (Å²) in [7, 11) is 0. The molecule has 314 valence electrons. The Labute approximate surface area is 383 Å². The van der Waals surface area contributed by atoms with Crippen LogP contribution in [0.3, 0.4) is 0 Å². The summed E-state index contributed by atoms with van der Waals surface area (Å²) >= 11 is 0. The van der Waals surface area contributed by atoms with Gasteiger partial charge in [0, 0.05) is 55.7 Å². The molecule has 0 saturated carbocycles. The maximum absolute atomic E-state index is 6.11. The van der Waals surface area contributed by atoms with Crippen LogP contribution in [0.2, 0.25) is 0 Å². The van der Waals surface area contributed by atoms with E-state index in [0.717, 1.165) is 111 Å². The van der Waals surface area contributed by atoms with Gasteiger partial charge in [0.2, 0.25) is 0 Å². The highest BCUT2D eigenvalue weighted by Crippen LogP contribution is 2.42. The van der Waals surface area contributed by atoms with Crippen molar-refractivity contribution in [3.05, 3.63) is 242 Å². The van der Waals surface area contributed by atoms with Crippen molar-refractivity contribution in [1.82, 2.24) is 0 Å². The number of furan rings is 2. The number of para-hydroxylation sites is 4. The van der Waals surface area contributed by atoms with E-state index >= 15 is 0 Å². The first-order chi connectivity index (χ1) is 32.5. The lowest BCUT2D eigenvalue weighted by Crippen LogP contribution is -2.11. The van der Waals surface area contributed by atoms with E-state index in [1.807, 2.05) is 24.3 Å². The van der Waals surface area contributed by atoms with E-state index in [2.05, 4.69) is 230 Å². The fourth-order valence-corrected chi connectivity index (χ4v) is 9.51. The van der Waals surface area contributed by atoms with Crippen molar-refractivity contribution in [2.75, 3.05) is 9.80 Å². The average Bonchev–Trinajstić information content (AvgIpc) is 3.94. The van der Waals surface area contributed by atoms with Crippen molar-refractivity contribution < 1.29 is 8.83 Å². The van der Waals surface area contributed by atoms with E-state index in [0.29, 0.717) is 0 Å². The van der Waals surface area contributed by atoms with Gasteiger partial charge in [-0.2, -0.15) is 0 Å². The minimum Gasteiger partial charge on any atom is -0.456 e. The first-order valence-corrected chi connectivity index (χ1v) is 22.5.